The van der Waals surface area contributed by atoms with E-state index in [9.17, 15) is 18.0 Å². The summed E-state index contributed by atoms with van der Waals surface area (Å²) in [5.41, 5.74) is 5.60. The Kier molecular flexibility index (Phi) is 11.2. The second kappa shape index (κ2) is 13.6. The maximum atomic E-state index is 13.6. The van der Waals surface area contributed by atoms with Crippen molar-refractivity contribution in [2.75, 3.05) is 51.8 Å². The van der Waals surface area contributed by atoms with Crippen molar-refractivity contribution in [3.63, 3.8) is 0 Å². The maximum Gasteiger partial charge on any atom is 0.243 e. The predicted octanol–water partition coefficient (Wildman–Crippen LogP) is 0.935. The predicted molar refractivity (Wildman–Crippen MR) is 127 cm³/mol. The standard InChI is InChI=1S/C22H31N3O6S2/c1-3-5-14-31-18-6-8-19(9-7-18)33(28,29)25(11-10-24-12-15-30-16-13-24)20(22(23)27)17-32-21(26)4-2/h6-9,20H,4,10-17H2,1-2H3,(H2,23,27)/t20-/m0/s1. The number of amides is 1. The molecule has 0 unspecified atom stereocenters. The Morgan fingerprint density at radius 3 is 2.52 bits per heavy atom. The zero-order chi connectivity index (χ0) is 24.3. The number of ether oxygens (including phenoxy) is 2. The fraction of sp³-hybridized carbons (Fsp3) is 0.545. The van der Waals surface area contributed by atoms with E-state index in [0.29, 0.717) is 38.6 Å². The number of nitrogens with two attached hydrogens (primary N) is 1. The lowest BCUT2D eigenvalue weighted by Gasteiger charge is -2.32. The smallest absolute Gasteiger partial charge is 0.243 e. The molecule has 1 heterocycles. The molecule has 1 aliphatic heterocycles. The Bertz CT molecular complexity index is 951. The first-order valence-electron chi connectivity index (χ1n) is 10.7. The molecule has 0 spiro atoms. The van der Waals surface area contributed by atoms with E-state index in [2.05, 4.69) is 16.7 Å². The normalized spacial score (nSPS) is 15.5. The molecular weight excluding hydrogens is 466 g/mol. The van der Waals surface area contributed by atoms with Crippen LogP contribution in [0.25, 0.3) is 0 Å². The summed E-state index contributed by atoms with van der Waals surface area (Å²) in [4.78, 5) is 26.2. The molecule has 0 aromatic heterocycles. The molecule has 1 aromatic carbocycles. The van der Waals surface area contributed by atoms with Crippen LogP contribution in [-0.2, 0) is 24.3 Å². The average Bonchev–Trinajstić information content (AvgIpc) is 2.81. The fourth-order valence-electron chi connectivity index (χ4n) is 3.12. The van der Waals surface area contributed by atoms with Crippen LogP contribution in [0.15, 0.2) is 29.2 Å². The van der Waals surface area contributed by atoms with E-state index >= 15 is 0 Å². The van der Waals surface area contributed by atoms with Gasteiger partial charge < -0.3 is 15.2 Å². The Labute approximate surface area is 200 Å². The number of nitrogens with zero attached hydrogens (tertiary/aromatic N) is 2. The first kappa shape index (κ1) is 27.1. The highest BCUT2D eigenvalue weighted by atomic mass is 32.2. The molecule has 1 saturated heterocycles. The molecule has 0 saturated carbocycles. The Balaban J connectivity index is 2.28. The average molecular weight is 498 g/mol. The molecule has 1 aromatic rings. The minimum absolute atomic E-state index is 0.0106. The second-order valence-electron chi connectivity index (χ2n) is 7.21. The summed E-state index contributed by atoms with van der Waals surface area (Å²) in [5.74, 6) is 5.13. The van der Waals surface area contributed by atoms with Gasteiger partial charge in [0.25, 0.3) is 0 Å². The summed E-state index contributed by atoms with van der Waals surface area (Å²) in [5, 5.41) is -0.136. The minimum Gasteiger partial charge on any atom is -0.481 e. The Hall–Kier alpha value is -2.10. The van der Waals surface area contributed by atoms with Gasteiger partial charge in [-0.1, -0.05) is 24.6 Å². The van der Waals surface area contributed by atoms with Crippen LogP contribution in [0, 0.1) is 11.8 Å². The lowest BCUT2D eigenvalue weighted by molar-refractivity contribution is -0.121. The number of hydrogen-bond acceptors (Lipinski definition) is 8. The van der Waals surface area contributed by atoms with Crippen LogP contribution in [0.3, 0.4) is 0 Å². The minimum atomic E-state index is -4.08. The highest BCUT2D eigenvalue weighted by Crippen LogP contribution is 2.23. The van der Waals surface area contributed by atoms with Gasteiger partial charge in [-0.3, -0.25) is 14.5 Å². The van der Waals surface area contributed by atoms with Crippen LogP contribution in [0.1, 0.15) is 20.3 Å². The third-order valence-corrected chi connectivity index (χ3v) is 8.04. The molecule has 9 nitrogen and oxygen atoms in total. The largest absolute Gasteiger partial charge is 0.481 e. The summed E-state index contributed by atoms with van der Waals surface area (Å²) in [6, 6.07) is 4.77. The van der Waals surface area contributed by atoms with E-state index < -0.39 is 22.0 Å². The SMILES string of the molecule is CC#CCOc1ccc(S(=O)(=O)N(CCN2CCOCC2)[C@@H](CSC(=O)CC)C(N)=O)cc1. The van der Waals surface area contributed by atoms with Gasteiger partial charge in [0.05, 0.1) is 18.1 Å². The van der Waals surface area contributed by atoms with E-state index in [0.717, 1.165) is 16.1 Å². The Morgan fingerprint density at radius 2 is 1.94 bits per heavy atom. The van der Waals surface area contributed by atoms with Crippen molar-refractivity contribution < 1.29 is 27.5 Å². The number of thioether (sulfide) groups is 1. The summed E-state index contributed by atoms with van der Waals surface area (Å²) in [7, 11) is -4.08. The van der Waals surface area contributed by atoms with Gasteiger partial charge in [-0.2, -0.15) is 4.31 Å². The monoisotopic (exact) mass is 497 g/mol. The molecule has 2 rings (SSSR count). The second-order valence-corrected chi connectivity index (χ2v) is 10.2. The van der Waals surface area contributed by atoms with Gasteiger partial charge in [0, 0.05) is 38.4 Å². The zero-order valence-corrected chi connectivity index (χ0v) is 20.6. The number of morpholine rings is 1. The Morgan fingerprint density at radius 1 is 1.27 bits per heavy atom. The molecule has 11 heteroatoms. The van der Waals surface area contributed by atoms with Crippen molar-refractivity contribution in [2.45, 2.75) is 31.2 Å². The first-order chi connectivity index (χ1) is 15.8. The summed E-state index contributed by atoms with van der Waals surface area (Å²) in [6.45, 7) is 6.55. The van der Waals surface area contributed by atoms with E-state index in [1.165, 1.54) is 12.1 Å². The number of primary amides is 1. The van der Waals surface area contributed by atoms with Crippen LogP contribution in [0.5, 0.6) is 5.75 Å². The van der Waals surface area contributed by atoms with Crippen molar-refractivity contribution in [1.29, 1.82) is 0 Å². The number of sulfonamides is 1. The molecule has 0 radical (unpaired) electrons. The van der Waals surface area contributed by atoms with Crippen LogP contribution < -0.4 is 10.5 Å². The molecule has 1 amide bonds. The number of carbonyl (C=O) groups excluding carboxylic acids is 2. The number of carbonyl (C=O) groups is 2. The molecule has 2 N–H and O–H groups in total. The molecule has 0 aliphatic carbocycles. The van der Waals surface area contributed by atoms with Gasteiger partial charge in [0.1, 0.15) is 18.4 Å². The first-order valence-corrected chi connectivity index (χ1v) is 13.1. The van der Waals surface area contributed by atoms with Crippen LogP contribution >= 0.6 is 11.8 Å². The highest BCUT2D eigenvalue weighted by Gasteiger charge is 2.35. The quantitative estimate of drug-likeness (QED) is 0.424. The zero-order valence-electron chi connectivity index (χ0n) is 19.0. The molecule has 1 aliphatic rings. The third-order valence-electron chi connectivity index (χ3n) is 5.03. The van der Waals surface area contributed by atoms with Gasteiger partial charge >= 0.3 is 0 Å². The van der Waals surface area contributed by atoms with Crippen LogP contribution in [0.4, 0.5) is 0 Å². The van der Waals surface area contributed by atoms with Crippen LogP contribution in [0.2, 0.25) is 0 Å². The summed E-state index contributed by atoms with van der Waals surface area (Å²) in [6.07, 6.45) is 0.278. The van der Waals surface area contributed by atoms with Gasteiger partial charge in [-0.05, 0) is 31.2 Å². The maximum absolute atomic E-state index is 13.6. The molecule has 182 valence electrons. The molecule has 0 bridgehead atoms. The van der Waals surface area contributed by atoms with Gasteiger partial charge in [0.2, 0.25) is 15.9 Å². The van der Waals surface area contributed by atoms with E-state index in [-0.39, 0.29) is 35.3 Å². The van der Waals surface area contributed by atoms with Gasteiger partial charge in [-0.15, -0.1) is 5.92 Å². The van der Waals surface area contributed by atoms with Crippen molar-refractivity contribution in [2.24, 2.45) is 5.73 Å². The van der Waals surface area contributed by atoms with Crippen LogP contribution in [-0.4, -0.2) is 86.4 Å². The van der Waals surface area contributed by atoms with Crippen molar-refractivity contribution in [1.82, 2.24) is 9.21 Å². The van der Waals surface area contributed by atoms with Crippen molar-refractivity contribution >= 4 is 32.8 Å². The van der Waals surface area contributed by atoms with Gasteiger partial charge in [0.15, 0.2) is 5.12 Å². The van der Waals surface area contributed by atoms with E-state index in [1.54, 1.807) is 26.0 Å². The molecule has 1 fully saturated rings. The van der Waals surface area contributed by atoms with Crippen molar-refractivity contribution in [3.8, 4) is 17.6 Å². The highest BCUT2D eigenvalue weighted by molar-refractivity contribution is 8.13. The lowest BCUT2D eigenvalue weighted by Crippen LogP contribution is -2.52. The number of hydrogen-bond donors (Lipinski definition) is 1. The molecular formula is C22H31N3O6S2. The molecule has 1 atom stereocenters. The summed E-state index contributed by atoms with van der Waals surface area (Å²) >= 11 is 0.915. The van der Waals surface area contributed by atoms with Gasteiger partial charge in [-0.25, -0.2) is 8.42 Å². The third kappa shape index (κ3) is 8.32. The van der Waals surface area contributed by atoms with E-state index in [1.807, 2.05) is 0 Å². The topological polar surface area (TPSA) is 119 Å². The number of rotatable bonds is 12. The van der Waals surface area contributed by atoms with Crippen molar-refractivity contribution in [3.05, 3.63) is 24.3 Å². The van der Waals surface area contributed by atoms with E-state index in [4.69, 9.17) is 15.2 Å². The lowest BCUT2D eigenvalue weighted by atomic mass is 10.3. The summed E-state index contributed by atoms with van der Waals surface area (Å²) < 4.78 is 39.0. The fourth-order valence-corrected chi connectivity index (χ4v) is 5.70. The molecule has 33 heavy (non-hydrogen) atoms. The number of benzene rings is 1.